The topological polar surface area (TPSA) is 44.1 Å². The van der Waals surface area contributed by atoms with Crippen LogP contribution < -0.4 is 5.56 Å². The molecule has 3 heterocycles. The highest BCUT2D eigenvalue weighted by molar-refractivity contribution is 7.98. The van der Waals surface area contributed by atoms with Gasteiger partial charge in [-0.1, -0.05) is 74.1 Å². The van der Waals surface area contributed by atoms with Crippen molar-refractivity contribution in [2.24, 2.45) is 5.92 Å². The van der Waals surface area contributed by atoms with E-state index in [1.807, 2.05) is 0 Å². The summed E-state index contributed by atoms with van der Waals surface area (Å²) in [6.07, 6.45) is 2.70. The number of thiophene rings is 1. The number of thioether (sulfide) groups is 1. The minimum Gasteiger partial charge on any atom is -0.372 e. The van der Waals surface area contributed by atoms with Crippen molar-refractivity contribution in [2.45, 2.75) is 50.4 Å². The number of benzene rings is 2. The molecule has 0 saturated carbocycles. The van der Waals surface area contributed by atoms with Crippen LogP contribution in [0, 0.1) is 5.92 Å². The van der Waals surface area contributed by atoms with Crippen molar-refractivity contribution in [2.75, 3.05) is 0 Å². The number of nitrogens with zero attached hydrogens (tertiary/aromatic N) is 2. The van der Waals surface area contributed by atoms with Crippen molar-refractivity contribution in [3.8, 4) is 0 Å². The molecule has 0 aliphatic carbocycles. The number of rotatable bonds is 6. The number of aromatic nitrogens is 2. The van der Waals surface area contributed by atoms with Crippen LogP contribution in [0.1, 0.15) is 29.9 Å². The highest BCUT2D eigenvalue weighted by atomic mass is 32.2. The summed E-state index contributed by atoms with van der Waals surface area (Å²) in [6, 6.07) is 14.8. The van der Waals surface area contributed by atoms with Gasteiger partial charge < -0.3 is 4.74 Å². The third-order valence-electron chi connectivity index (χ3n) is 6.08. The van der Waals surface area contributed by atoms with Crippen LogP contribution in [-0.2, 0) is 30.1 Å². The van der Waals surface area contributed by atoms with Crippen molar-refractivity contribution in [3.63, 3.8) is 0 Å². The second-order valence-electron chi connectivity index (χ2n) is 8.51. The lowest BCUT2D eigenvalue weighted by molar-refractivity contribution is 0.00200. The highest BCUT2D eigenvalue weighted by Crippen LogP contribution is 2.36. The Morgan fingerprint density at radius 1 is 1.28 bits per heavy atom. The second kappa shape index (κ2) is 8.85. The molecule has 1 atom stereocenters. The lowest BCUT2D eigenvalue weighted by Gasteiger charge is -2.26. The summed E-state index contributed by atoms with van der Waals surface area (Å²) < 4.78 is 7.82. The molecule has 4 nitrogen and oxygen atoms in total. The minimum absolute atomic E-state index is 0.0391. The van der Waals surface area contributed by atoms with Gasteiger partial charge in [0.25, 0.3) is 5.56 Å². The van der Waals surface area contributed by atoms with Gasteiger partial charge >= 0.3 is 0 Å². The molecule has 1 aliphatic heterocycles. The number of ether oxygens (including phenoxy) is 1. The van der Waals surface area contributed by atoms with E-state index < -0.39 is 0 Å². The number of allylic oxidation sites excluding steroid dienone is 1. The fourth-order valence-electron chi connectivity index (χ4n) is 4.33. The molecule has 1 aliphatic rings. The quantitative estimate of drug-likeness (QED) is 0.195. The standard InChI is InChI=1S/C26H26N2O2S2/c1-4-12-28-25(29)23-20-13-21(16(2)3)30-14-22(20)32-24(23)27-26(28)31-15-18-10-7-9-17-8-5-6-11-19(17)18/h4-11,16,21H,1,12-15H2,2-3H3. The Balaban J connectivity index is 1.55. The molecule has 2 aromatic heterocycles. The van der Waals surface area contributed by atoms with Crippen LogP contribution in [0.25, 0.3) is 21.0 Å². The lowest BCUT2D eigenvalue weighted by atomic mass is 9.96. The van der Waals surface area contributed by atoms with Crippen LogP contribution in [0.5, 0.6) is 0 Å². The molecule has 0 radical (unpaired) electrons. The fraction of sp³-hybridized carbons (Fsp3) is 0.308. The van der Waals surface area contributed by atoms with Gasteiger partial charge in [0.05, 0.1) is 18.1 Å². The van der Waals surface area contributed by atoms with Gasteiger partial charge in [0.15, 0.2) is 5.16 Å². The van der Waals surface area contributed by atoms with Gasteiger partial charge in [-0.2, -0.15) is 0 Å². The lowest BCUT2D eigenvalue weighted by Crippen LogP contribution is -2.28. The van der Waals surface area contributed by atoms with Crippen LogP contribution in [0.2, 0.25) is 0 Å². The Labute approximate surface area is 195 Å². The van der Waals surface area contributed by atoms with E-state index in [1.54, 1.807) is 33.7 Å². The summed E-state index contributed by atoms with van der Waals surface area (Å²) in [5.41, 5.74) is 2.42. The van der Waals surface area contributed by atoms with Gasteiger partial charge in [0.1, 0.15) is 4.83 Å². The summed E-state index contributed by atoms with van der Waals surface area (Å²) in [7, 11) is 0. The summed E-state index contributed by atoms with van der Waals surface area (Å²) in [4.78, 5) is 20.5. The molecule has 4 aromatic rings. The molecule has 1 unspecified atom stereocenters. The maximum absolute atomic E-state index is 13.6. The average molecular weight is 463 g/mol. The van der Waals surface area contributed by atoms with Gasteiger partial charge in [-0.3, -0.25) is 9.36 Å². The van der Waals surface area contributed by atoms with E-state index in [-0.39, 0.29) is 11.7 Å². The molecular weight excluding hydrogens is 436 g/mol. The number of hydrogen-bond donors (Lipinski definition) is 0. The minimum atomic E-state index is 0.0391. The molecule has 32 heavy (non-hydrogen) atoms. The fourth-order valence-corrected chi connectivity index (χ4v) is 6.51. The van der Waals surface area contributed by atoms with Crippen LogP contribution >= 0.6 is 23.1 Å². The Bertz CT molecular complexity index is 1360. The first-order chi connectivity index (χ1) is 15.6. The van der Waals surface area contributed by atoms with E-state index in [0.29, 0.717) is 19.1 Å². The smallest absolute Gasteiger partial charge is 0.263 e. The third kappa shape index (κ3) is 3.81. The van der Waals surface area contributed by atoms with Crippen molar-refractivity contribution in [1.29, 1.82) is 0 Å². The van der Waals surface area contributed by atoms with Crippen LogP contribution in [0.4, 0.5) is 0 Å². The van der Waals surface area contributed by atoms with E-state index >= 15 is 0 Å². The zero-order chi connectivity index (χ0) is 22.2. The first-order valence-electron chi connectivity index (χ1n) is 10.9. The molecule has 0 bridgehead atoms. The normalized spacial score (nSPS) is 16.0. The van der Waals surface area contributed by atoms with Crippen LogP contribution in [0.3, 0.4) is 0 Å². The molecular formula is C26H26N2O2S2. The number of fused-ring (bicyclic) bond motifs is 4. The van der Waals surface area contributed by atoms with E-state index in [2.05, 4.69) is 62.9 Å². The summed E-state index contributed by atoms with van der Waals surface area (Å²) in [6.45, 7) is 9.23. The van der Waals surface area contributed by atoms with Crippen LogP contribution in [-0.4, -0.2) is 15.7 Å². The van der Waals surface area contributed by atoms with Gasteiger partial charge in [-0.25, -0.2) is 4.98 Å². The SMILES string of the molecule is C=CCn1c(SCc2cccc3ccccc23)nc2sc3c(c2c1=O)CC(C(C)C)OC3. The van der Waals surface area contributed by atoms with Crippen molar-refractivity contribution >= 4 is 44.1 Å². The largest absolute Gasteiger partial charge is 0.372 e. The summed E-state index contributed by atoms with van der Waals surface area (Å²) in [5, 5.41) is 3.98. The molecule has 0 amide bonds. The summed E-state index contributed by atoms with van der Waals surface area (Å²) >= 11 is 3.22. The maximum atomic E-state index is 13.6. The zero-order valence-corrected chi connectivity index (χ0v) is 20.0. The van der Waals surface area contributed by atoms with E-state index in [4.69, 9.17) is 9.72 Å². The maximum Gasteiger partial charge on any atom is 0.263 e. The van der Waals surface area contributed by atoms with Gasteiger partial charge in [0, 0.05) is 23.6 Å². The van der Waals surface area contributed by atoms with Crippen molar-refractivity contribution < 1.29 is 4.74 Å². The Hall–Kier alpha value is -2.41. The average Bonchev–Trinajstić information content (AvgIpc) is 3.17. The molecule has 164 valence electrons. The van der Waals surface area contributed by atoms with E-state index in [9.17, 15) is 4.79 Å². The molecule has 0 spiro atoms. The summed E-state index contributed by atoms with van der Waals surface area (Å²) in [5.74, 6) is 1.16. The Morgan fingerprint density at radius 2 is 2.09 bits per heavy atom. The Morgan fingerprint density at radius 3 is 2.91 bits per heavy atom. The first kappa shape index (κ1) is 21.4. The zero-order valence-electron chi connectivity index (χ0n) is 18.3. The highest BCUT2D eigenvalue weighted by Gasteiger charge is 2.28. The molecule has 2 aromatic carbocycles. The number of hydrogen-bond acceptors (Lipinski definition) is 5. The molecule has 0 N–H and O–H groups in total. The molecule has 5 rings (SSSR count). The van der Waals surface area contributed by atoms with Crippen LogP contribution in [0.15, 0.2) is 65.1 Å². The van der Waals surface area contributed by atoms with Gasteiger partial charge in [-0.15, -0.1) is 17.9 Å². The third-order valence-corrected chi connectivity index (χ3v) is 8.21. The van der Waals surface area contributed by atoms with Gasteiger partial charge in [-0.05, 0) is 27.8 Å². The monoisotopic (exact) mass is 462 g/mol. The van der Waals surface area contributed by atoms with Crippen molar-refractivity contribution in [1.82, 2.24) is 9.55 Å². The van der Waals surface area contributed by atoms with E-state index in [0.717, 1.165) is 38.0 Å². The van der Waals surface area contributed by atoms with E-state index in [1.165, 1.54) is 16.3 Å². The molecule has 6 heteroatoms. The Kier molecular flexibility index (Phi) is 5.93. The van der Waals surface area contributed by atoms with Gasteiger partial charge in [0.2, 0.25) is 0 Å². The molecule has 0 saturated heterocycles. The first-order valence-corrected chi connectivity index (χ1v) is 12.7. The second-order valence-corrected chi connectivity index (χ2v) is 10.5. The molecule has 0 fully saturated rings. The predicted octanol–water partition coefficient (Wildman–Crippen LogP) is 6.19. The van der Waals surface area contributed by atoms with Crippen molar-refractivity contribution in [3.05, 3.63) is 81.5 Å². The predicted molar refractivity (Wildman–Crippen MR) is 135 cm³/mol.